The summed E-state index contributed by atoms with van der Waals surface area (Å²) in [7, 11) is 1.31. The summed E-state index contributed by atoms with van der Waals surface area (Å²) < 4.78 is 10.2. The van der Waals surface area contributed by atoms with Crippen LogP contribution in [0.25, 0.3) is 0 Å². The number of urea groups is 1. The van der Waals surface area contributed by atoms with Gasteiger partial charge < -0.3 is 20.1 Å². The van der Waals surface area contributed by atoms with Crippen LogP contribution in [0.2, 0.25) is 5.02 Å². The molecule has 6 nitrogen and oxygen atoms in total. The molecule has 7 heteroatoms. The summed E-state index contributed by atoms with van der Waals surface area (Å²) >= 11 is 5.99. The molecule has 0 saturated carbocycles. The summed E-state index contributed by atoms with van der Waals surface area (Å²) in [6, 6.07) is 13.4. The van der Waals surface area contributed by atoms with E-state index in [9.17, 15) is 9.59 Å². The zero-order valence-electron chi connectivity index (χ0n) is 13.8. The molecule has 0 aliphatic heterocycles. The van der Waals surface area contributed by atoms with Gasteiger partial charge in [0, 0.05) is 12.2 Å². The molecule has 2 aromatic carbocycles. The third-order valence-electron chi connectivity index (χ3n) is 3.24. The minimum Gasteiger partial charge on any atom is -0.492 e. The maximum Gasteiger partial charge on any atom is 0.337 e. The van der Waals surface area contributed by atoms with Crippen molar-refractivity contribution in [1.29, 1.82) is 0 Å². The quantitative estimate of drug-likeness (QED) is 0.581. The average molecular weight is 363 g/mol. The monoisotopic (exact) mass is 362 g/mol. The van der Waals surface area contributed by atoms with Crippen LogP contribution in [-0.4, -0.2) is 32.3 Å². The molecule has 0 saturated heterocycles. The number of hydrogen-bond donors (Lipinski definition) is 2. The number of benzene rings is 2. The average Bonchev–Trinajstić information content (AvgIpc) is 2.62. The van der Waals surface area contributed by atoms with Crippen LogP contribution in [-0.2, 0) is 4.74 Å². The lowest BCUT2D eigenvalue weighted by molar-refractivity contribution is 0.0600. The van der Waals surface area contributed by atoms with Gasteiger partial charge >= 0.3 is 12.0 Å². The predicted molar refractivity (Wildman–Crippen MR) is 96.4 cm³/mol. The zero-order chi connectivity index (χ0) is 18.1. The molecule has 0 spiro atoms. The predicted octanol–water partition coefficient (Wildman–Crippen LogP) is 3.72. The maximum absolute atomic E-state index is 11.9. The molecule has 2 aromatic rings. The Morgan fingerprint density at radius 2 is 1.92 bits per heavy atom. The van der Waals surface area contributed by atoms with E-state index in [-0.39, 0.29) is 6.03 Å². The number of ether oxygens (including phenoxy) is 2. The molecule has 0 bridgehead atoms. The lowest BCUT2D eigenvalue weighted by Crippen LogP contribution is -2.30. The molecule has 2 rings (SSSR count). The largest absolute Gasteiger partial charge is 0.492 e. The molecule has 0 aromatic heterocycles. The van der Waals surface area contributed by atoms with Crippen molar-refractivity contribution in [1.82, 2.24) is 5.32 Å². The topological polar surface area (TPSA) is 76.7 Å². The van der Waals surface area contributed by atoms with Gasteiger partial charge in [0.2, 0.25) is 0 Å². The number of carbonyl (C=O) groups is 2. The Morgan fingerprint density at radius 1 is 1.12 bits per heavy atom. The van der Waals surface area contributed by atoms with Gasteiger partial charge in [0.05, 0.1) is 24.3 Å². The third kappa shape index (κ3) is 6.00. The fourth-order valence-corrected chi connectivity index (χ4v) is 2.23. The second-order valence-electron chi connectivity index (χ2n) is 5.09. The summed E-state index contributed by atoms with van der Waals surface area (Å²) in [5, 5.41) is 5.93. The van der Waals surface area contributed by atoms with Crippen LogP contribution in [0.3, 0.4) is 0 Å². The standard InChI is InChI=1S/C18H19ClN2O4/c1-24-17(22)13-6-4-7-14(12-13)21-18(23)20-10-5-11-25-16-9-3-2-8-15(16)19/h2-4,6-9,12H,5,10-11H2,1H3,(H2,20,21,23). The first-order valence-corrected chi connectivity index (χ1v) is 8.08. The molecule has 0 fully saturated rings. The third-order valence-corrected chi connectivity index (χ3v) is 3.55. The van der Waals surface area contributed by atoms with E-state index in [1.54, 1.807) is 36.4 Å². The van der Waals surface area contributed by atoms with Gasteiger partial charge in [-0.1, -0.05) is 29.8 Å². The number of amides is 2. The zero-order valence-corrected chi connectivity index (χ0v) is 14.5. The first-order valence-electron chi connectivity index (χ1n) is 7.70. The Balaban J connectivity index is 1.71. The summed E-state index contributed by atoms with van der Waals surface area (Å²) in [6.07, 6.45) is 0.626. The lowest BCUT2D eigenvalue weighted by Gasteiger charge is -2.10. The van der Waals surface area contributed by atoms with Crippen molar-refractivity contribution in [3.63, 3.8) is 0 Å². The Morgan fingerprint density at radius 3 is 2.68 bits per heavy atom. The maximum atomic E-state index is 11.9. The molecule has 0 aliphatic carbocycles. The van der Waals surface area contributed by atoms with Crippen molar-refractivity contribution in [3.8, 4) is 5.75 Å². The molecule has 0 radical (unpaired) electrons. The van der Waals surface area contributed by atoms with E-state index in [2.05, 4.69) is 15.4 Å². The van der Waals surface area contributed by atoms with E-state index >= 15 is 0 Å². The molecule has 2 amide bonds. The fourth-order valence-electron chi connectivity index (χ4n) is 2.04. The second-order valence-corrected chi connectivity index (χ2v) is 5.49. The summed E-state index contributed by atoms with van der Waals surface area (Å²) in [5.41, 5.74) is 0.876. The summed E-state index contributed by atoms with van der Waals surface area (Å²) in [6.45, 7) is 0.870. The highest BCUT2D eigenvalue weighted by Crippen LogP contribution is 2.22. The Kier molecular flexibility index (Phi) is 7.10. The molecule has 0 atom stereocenters. The highest BCUT2D eigenvalue weighted by Gasteiger charge is 2.07. The molecule has 0 unspecified atom stereocenters. The number of carbonyl (C=O) groups excluding carboxylic acids is 2. The van der Waals surface area contributed by atoms with E-state index in [4.69, 9.17) is 16.3 Å². The van der Waals surface area contributed by atoms with Crippen molar-refractivity contribution in [3.05, 3.63) is 59.1 Å². The SMILES string of the molecule is COC(=O)c1cccc(NC(=O)NCCCOc2ccccc2Cl)c1. The van der Waals surface area contributed by atoms with Crippen LogP contribution in [0, 0.1) is 0 Å². The highest BCUT2D eigenvalue weighted by molar-refractivity contribution is 6.32. The van der Waals surface area contributed by atoms with Gasteiger partial charge in [-0.2, -0.15) is 0 Å². The Hall–Kier alpha value is -2.73. The Labute approximate surface area is 151 Å². The van der Waals surface area contributed by atoms with Crippen molar-refractivity contribution < 1.29 is 19.1 Å². The molecule has 0 aliphatic rings. The normalized spacial score (nSPS) is 10.0. The number of halogens is 1. The summed E-state index contributed by atoms with van der Waals surface area (Å²) in [5.74, 6) is 0.161. The van der Waals surface area contributed by atoms with Gasteiger partial charge in [0.1, 0.15) is 5.75 Å². The van der Waals surface area contributed by atoms with Crippen LogP contribution in [0.5, 0.6) is 5.75 Å². The van der Waals surface area contributed by atoms with E-state index in [0.29, 0.717) is 41.6 Å². The number of methoxy groups -OCH3 is 1. The number of rotatable bonds is 7. The van der Waals surface area contributed by atoms with E-state index < -0.39 is 5.97 Å². The van der Waals surface area contributed by atoms with Crippen LogP contribution in [0.4, 0.5) is 10.5 Å². The van der Waals surface area contributed by atoms with Crippen molar-refractivity contribution in [2.75, 3.05) is 25.6 Å². The van der Waals surface area contributed by atoms with E-state index in [0.717, 1.165) is 0 Å². The number of nitrogens with one attached hydrogen (secondary N) is 2. The minimum atomic E-state index is -0.458. The molecule has 25 heavy (non-hydrogen) atoms. The molecular weight excluding hydrogens is 344 g/mol. The van der Waals surface area contributed by atoms with Gasteiger partial charge in [-0.25, -0.2) is 9.59 Å². The fraction of sp³-hybridized carbons (Fsp3) is 0.222. The first kappa shape index (κ1) is 18.6. The van der Waals surface area contributed by atoms with Gasteiger partial charge in [-0.05, 0) is 36.8 Å². The van der Waals surface area contributed by atoms with E-state index in [1.807, 2.05) is 12.1 Å². The highest BCUT2D eigenvalue weighted by atomic mass is 35.5. The van der Waals surface area contributed by atoms with Crippen LogP contribution >= 0.6 is 11.6 Å². The van der Waals surface area contributed by atoms with Crippen LogP contribution in [0.15, 0.2) is 48.5 Å². The van der Waals surface area contributed by atoms with Crippen molar-refractivity contribution in [2.45, 2.75) is 6.42 Å². The number of hydrogen-bond acceptors (Lipinski definition) is 4. The lowest BCUT2D eigenvalue weighted by atomic mass is 10.2. The Bertz CT molecular complexity index is 737. The smallest absolute Gasteiger partial charge is 0.337 e. The van der Waals surface area contributed by atoms with Gasteiger partial charge in [-0.3, -0.25) is 0 Å². The van der Waals surface area contributed by atoms with Crippen molar-refractivity contribution in [2.24, 2.45) is 0 Å². The number of para-hydroxylation sites is 1. The van der Waals surface area contributed by atoms with E-state index in [1.165, 1.54) is 7.11 Å². The second kappa shape index (κ2) is 9.54. The van der Waals surface area contributed by atoms with Gasteiger partial charge in [0.25, 0.3) is 0 Å². The van der Waals surface area contributed by atoms with Crippen LogP contribution < -0.4 is 15.4 Å². The molecular formula is C18H19ClN2O4. The molecule has 132 valence electrons. The number of esters is 1. The summed E-state index contributed by atoms with van der Waals surface area (Å²) in [4.78, 5) is 23.3. The van der Waals surface area contributed by atoms with Crippen LogP contribution in [0.1, 0.15) is 16.8 Å². The molecule has 2 N–H and O–H groups in total. The first-order chi connectivity index (χ1) is 12.1. The number of anilines is 1. The van der Waals surface area contributed by atoms with Crippen molar-refractivity contribution >= 4 is 29.3 Å². The minimum absolute atomic E-state index is 0.361. The van der Waals surface area contributed by atoms with Gasteiger partial charge in [0.15, 0.2) is 0 Å². The molecule has 0 heterocycles. The van der Waals surface area contributed by atoms with Gasteiger partial charge in [-0.15, -0.1) is 0 Å².